The zero-order valence-corrected chi connectivity index (χ0v) is 14.7. The third-order valence-corrected chi connectivity index (χ3v) is 5.83. The number of hydrogen-bond acceptors (Lipinski definition) is 3. The highest BCUT2D eigenvalue weighted by atomic mass is 32.1. The van der Waals surface area contributed by atoms with Crippen LogP contribution in [0.4, 0.5) is 0 Å². The molecule has 23 heavy (non-hydrogen) atoms. The van der Waals surface area contributed by atoms with Crippen LogP contribution < -0.4 is 5.32 Å². The second-order valence-corrected chi connectivity index (χ2v) is 7.72. The maximum absolute atomic E-state index is 12.2. The highest BCUT2D eigenvalue weighted by Gasteiger charge is 2.15. The molecule has 0 radical (unpaired) electrons. The van der Waals surface area contributed by atoms with Gasteiger partial charge < -0.3 is 10.2 Å². The molecule has 0 bridgehead atoms. The molecule has 4 heteroatoms. The van der Waals surface area contributed by atoms with Crippen molar-refractivity contribution in [3.05, 3.63) is 35.2 Å². The van der Waals surface area contributed by atoms with Gasteiger partial charge in [0, 0.05) is 11.2 Å². The fourth-order valence-electron chi connectivity index (χ4n) is 3.13. The molecule has 1 N–H and O–H groups in total. The van der Waals surface area contributed by atoms with E-state index >= 15 is 0 Å². The van der Waals surface area contributed by atoms with Gasteiger partial charge in [0.1, 0.15) is 0 Å². The molecule has 1 aromatic carbocycles. The van der Waals surface area contributed by atoms with Crippen molar-refractivity contribution >= 4 is 27.3 Å². The van der Waals surface area contributed by atoms with E-state index in [1.54, 1.807) is 11.3 Å². The molecule has 3 rings (SSSR count). The number of benzene rings is 1. The Hall–Kier alpha value is -1.39. The monoisotopic (exact) mass is 330 g/mol. The molecule has 2 aromatic rings. The molecule has 1 amide bonds. The van der Waals surface area contributed by atoms with Crippen molar-refractivity contribution in [2.75, 3.05) is 26.2 Å². The summed E-state index contributed by atoms with van der Waals surface area (Å²) in [6.45, 7) is 6.79. The highest BCUT2D eigenvalue weighted by molar-refractivity contribution is 7.20. The Bertz CT molecular complexity index is 611. The van der Waals surface area contributed by atoms with Crippen LogP contribution in [0.3, 0.4) is 0 Å². The first-order valence-electron chi connectivity index (χ1n) is 8.71. The largest absolute Gasteiger partial charge is 0.351 e. The lowest BCUT2D eigenvalue weighted by Gasteiger charge is -2.30. The number of hydrogen-bond donors (Lipinski definition) is 1. The third-order valence-electron chi connectivity index (χ3n) is 4.71. The number of carbonyl (C=O) groups is 1. The van der Waals surface area contributed by atoms with E-state index in [9.17, 15) is 4.79 Å². The van der Waals surface area contributed by atoms with Crippen LogP contribution in [0.15, 0.2) is 30.3 Å². The van der Waals surface area contributed by atoms with Crippen LogP contribution in [0.5, 0.6) is 0 Å². The van der Waals surface area contributed by atoms with Crippen molar-refractivity contribution in [2.24, 2.45) is 5.92 Å². The Labute approximate surface area is 142 Å². The minimum absolute atomic E-state index is 0.0676. The zero-order chi connectivity index (χ0) is 16.1. The predicted octanol–water partition coefficient (Wildman–Crippen LogP) is 4.14. The number of piperidine rings is 1. The number of thiophene rings is 1. The molecule has 0 atom stereocenters. The van der Waals surface area contributed by atoms with Crippen molar-refractivity contribution in [3.8, 4) is 0 Å². The second-order valence-electron chi connectivity index (χ2n) is 6.64. The smallest absolute Gasteiger partial charge is 0.261 e. The SMILES string of the molecule is CC1CCN(CCCCNC(=O)c2cc3ccccc3s2)CC1. The summed E-state index contributed by atoms with van der Waals surface area (Å²) in [6.07, 6.45) is 4.90. The highest BCUT2D eigenvalue weighted by Crippen LogP contribution is 2.25. The van der Waals surface area contributed by atoms with Gasteiger partial charge in [-0.05, 0) is 68.8 Å². The van der Waals surface area contributed by atoms with Crippen molar-refractivity contribution in [2.45, 2.75) is 32.6 Å². The first-order chi connectivity index (χ1) is 11.2. The quantitative estimate of drug-likeness (QED) is 0.807. The Morgan fingerprint density at radius 3 is 2.83 bits per heavy atom. The van der Waals surface area contributed by atoms with Crippen LogP contribution in [-0.2, 0) is 0 Å². The average molecular weight is 330 g/mol. The van der Waals surface area contributed by atoms with Crippen molar-refractivity contribution in [1.29, 1.82) is 0 Å². The first-order valence-corrected chi connectivity index (χ1v) is 9.53. The maximum atomic E-state index is 12.2. The summed E-state index contributed by atoms with van der Waals surface area (Å²) >= 11 is 1.57. The number of carbonyl (C=O) groups excluding carboxylic acids is 1. The van der Waals surface area contributed by atoms with Gasteiger partial charge in [-0.3, -0.25) is 4.79 Å². The van der Waals surface area contributed by atoms with E-state index < -0.39 is 0 Å². The van der Waals surface area contributed by atoms with Gasteiger partial charge in [-0.2, -0.15) is 0 Å². The van der Waals surface area contributed by atoms with E-state index in [2.05, 4.69) is 29.3 Å². The Morgan fingerprint density at radius 2 is 2.04 bits per heavy atom. The number of unbranched alkanes of at least 4 members (excludes halogenated alkanes) is 1. The van der Waals surface area contributed by atoms with Crippen LogP contribution >= 0.6 is 11.3 Å². The molecule has 2 heterocycles. The first kappa shape index (κ1) is 16.5. The van der Waals surface area contributed by atoms with Crippen LogP contribution in [0.25, 0.3) is 10.1 Å². The minimum Gasteiger partial charge on any atom is -0.351 e. The molecule has 1 aliphatic heterocycles. The summed E-state index contributed by atoms with van der Waals surface area (Å²) in [7, 11) is 0. The van der Waals surface area contributed by atoms with Gasteiger partial charge in [0.2, 0.25) is 0 Å². The number of fused-ring (bicyclic) bond motifs is 1. The van der Waals surface area contributed by atoms with Crippen molar-refractivity contribution in [3.63, 3.8) is 0 Å². The number of nitrogens with zero attached hydrogens (tertiary/aromatic N) is 1. The lowest BCUT2D eigenvalue weighted by Crippen LogP contribution is -2.34. The second kappa shape index (κ2) is 7.93. The predicted molar refractivity (Wildman–Crippen MR) is 98.2 cm³/mol. The van der Waals surface area contributed by atoms with Crippen LogP contribution in [0.1, 0.15) is 42.3 Å². The maximum Gasteiger partial charge on any atom is 0.261 e. The molecule has 0 unspecified atom stereocenters. The lowest BCUT2D eigenvalue weighted by atomic mass is 9.99. The van der Waals surface area contributed by atoms with E-state index in [1.807, 2.05) is 18.2 Å². The Kier molecular flexibility index (Phi) is 5.68. The zero-order valence-electron chi connectivity index (χ0n) is 13.9. The summed E-state index contributed by atoms with van der Waals surface area (Å²) in [4.78, 5) is 15.6. The fraction of sp³-hybridized carbons (Fsp3) is 0.526. The van der Waals surface area contributed by atoms with Crippen LogP contribution in [0.2, 0.25) is 0 Å². The number of rotatable bonds is 6. The van der Waals surface area contributed by atoms with E-state index in [0.717, 1.165) is 29.1 Å². The number of amides is 1. The van der Waals surface area contributed by atoms with E-state index in [1.165, 1.54) is 43.6 Å². The molecule has 1 saturated heterocycles. The summed E-state index contributed by atoms with van der Waals surface area (Å²) in [6, 6.07) is 10.1. The Morgan fingerprint density at radius 1 is 1.26 bits per heavy atom. The van der Waals surface area contributed by atoms with Gasteiger partial charge >= 0.3 is 0 Å². The van der Waals surface area contributed by atoms with Gasteiger partial charge in [0.05, 0.1) is 4.88 Å². The molecule has 3 nitrogen and oxygen atoms in total. The molecular weight excluding hydrogens is 304 g/mol. The third kappa shape index (κ3) is 4.55. The summed E-state index contributed by atoms with van der Waals surface area (Å²) in [5.41, 5.74) is 0. The molecule has 0 spiro atoms. The fourth-order valence-corrected chi connectivity index (χ4v) is 4.11. The minimum atomic E-state index is 0.0676. The number of likely N-dealkylation sites (tertiary alicyclic amines) is 1. The summed E-state index contributed by atoms with van der Waals surface area (Å²) < 4.78 is 1.18. The van der Waals surface area contributed by atoms with Gasteiger partial charge in [-0.15, -0.1) is 11.3 Å². The van der Waals surface area contributed by atoms with Gasteiger partial charge in [-0.1, -0.05) is 25.1 Å². The van der Waals surface area contributed by atoms with Gasteiger partial charge in [-0.25, -0.2) is 0 Å². The summed E-state index contributed by atoms with van der Waals surface area (Å²) in [5.74, 6) is 0.963. The standard InChI is InChI=1S/C19H26N2OS/c1-15-8-12-21(13-9-15)11-5-4-10-20-19(22)18-14-16-6-2-3-7-17(16)23-18/h2-3,6-7,14-15H,4-5,8-13H2,1H3,(H,20,22). The van der Waals surface area contributed by atoms with Gasteiger partial charge in [0.25, 0.3) is 5.91 Å². The van der Waals surface area contributed by atoms with E-state index in [4.69, 9.17) is 0 Å². The normalized spacial score (nSPS) is 16.7. The molecule has 0 aliphatic carbocycles. The van der Waals surface area contributed by atoms with Crippen LogP contribution in [-0.4, -0.2) is 37.0 Å². The lowest BCUT2D eigenvalue weighted by molar-refractivity contribution is 0.0956. The van der Waals surface area contributed by atoms with Crippen molar-refractivity contribution in [1.82, 2.24) is 10.2 Å². The molecule has 0 saturated carbocycles. The molecule has 124 valence electrons. The molecule has 1 aromatic heterocycles. The average Bonchev–Trinajstić information content (AvgIpc) is 3.00. The molecule has 1 fully saturated rings. The van der Waals surface area contributed by atoms with Crippen molar-refractivity contribution < 1.29 is 4.79 Å². The topological polar surface area (TPSA) is 32.3 Å². The Balaban J connectivity index is 1.36. The molecular formula is C19H26N2OS. The molecule has 1 aliphatic rings. The van der Waals surface area contributed by atoms with E-state index in [-0.39, 0.29) is 5.91 Å². The van der Waals surface area contributed by atoms with Crippen LogP contribution in [0, 0.1) is 5.92 Å². The number of nitrogens with one attached hydrogen (secondary N) is 1. The van der Waals surface area contributed by atoms with Gasteiger partial charge in [0.15, 0.2) is 0 Å². The van der Waals surface area contributed by atoms with E-state index in [0.29, 0.717) is 0 Å². The summed E-state index contributed by atoms with van der Waals surface area (Å²) in [5, 5.41) is 4.21.